The summed E-state index contributed by atoms with van der Waals surface area (Å²) in [5.74, 6) is -0.502. The van der Waals surface area contributed by atoms with E-state index in [-0.39, 0.29) is 31.5 Å². The van der Waals surface area contributed by atoms with Crippen LogP contribution in [0.1, 0.15) is 303 Å². The van der Waals surface area contributed by atoms with Crippen LogP contribution in [0.4, 0.5) is 0 Å². The third-order valence-corrected chi connectivity index (χ3v) is 14.9. The molecule has 0 spiro atoms. The van der Waals surface area contributed by atoms with Gasteiger partial charge in [0.05, 0.1) is 33.8 Å². The van der Waals surface area contributed by atoms with Gasteiger partial charge in [-0.1, -0.05) is 264 Å². The lowest BCUT2D eigenvalue weighted by Gasteiger charge is -2.27. The van der Waals surface area contributed by atoms with Gasteiger partial charge in [0.15, 0.2) is 0 Å². The number of nitrogens with zero attached hydrogens (tertiary/aromatic N) is 1. The molecule has 3 atom stereocenters. The minimum atomic E-state index is -4.44. The molecule has 9 nitrogen and oxygen atoms in total. The van der Waals surface area contributed by atoms with Gasteiger partial charge >= 0.3 is 13.8 Å². The molecule has 0 aliphatic heterocycles. The zero-order valence-electron chi connectivity index (χ0n) is 48.0. The monoisotopic (exact) mass is 1020 g/mol. The predicted octanol–water partition coefficient (Wildman–Crippen LogP) is 18.6. The van der Waals surface area contributed by atoms with Crippen LogP contribution >= 0.6 is 7.82 Å². The predicted molar refractivity (Wildman–Crippen MR) is 305 cm³/mol. The summed E-state index contributed by atoms with van der Waals surface area (Å²) >= 11 is 0. The molecule has 0 aromatic rings. The Labute approximate surface area is 441 Å². The maximum Gasteiger partial charge on any atom is 0.472 e. The second kappa shape index (κ2) is 52.0. The highest BCUT2D eigenvalue weighted by atomic mass is 31.2. The molecular formula is C61H120N2O7P+. The summed E-state index contributed by atoms with van der Waals surface area (Å²) in [5, 5.41) is 3.06. The first kappa shape index (κ1) is 69.5. The van der Waals surface area contributed by atoms with E-state index in [9.17, 15) is 19.0 Å². The Morgan fingerprint density at radius 1 is 0.479 bits per heavy atom. The summed E-state index contributed by atoms with van der Waals surface area (Å²) in [6, 6.07) is -0.845. The van der Waals surface area contributed by atoms with Gasteiger partial charge in [-0.2, -0.15) is 0 Å². The molecule has 0 rings (SSSR count). The summed E-state index contributed by atoms with van der Waals surface area (Å²) in [5.41, 5.74) is 0. The van der Waals surface area contributed by atoms with Gasteiger partial charge < -0.3 is 19.4 Å². The number of unbranched alkanes of at least 4 members (excludes halogenated alkanes) is 38. The van der Waals surface area contributed by atoms with Gasteiger partial charge in [-0.25, -0.2) is 4.57 Å². The van der Waals surface area contributed by atoms with Crippen molar-refractivity contribution < 1.29 is 37.3 Å². The number of amides is 1. The molecule has 0 saturated heterocycles. The van der Waals surface area contributed by atoms with Crippen LogP contribution < -0.4 is 5.32 Å². The molecule has 0 fully saturated rings. The van der Waals surface area contributed by atoms with Gasteiger partial charge in [0, 0.05) is 12.8 Å². The number of ether oxygens (including phenoxy) is 1. The Morgan fingerprint density at radius 2 is 0.831 bits per heavy atom. The van der Waals surface area contributed by atoms with E-state index in [0.29, 0.717) is 17.4 Å². The highest BCUT2D eigenvalue weighted by Gasteiger charge is 2.30. The fraction of sp³-hybridized carbons (Fsp3) is 0.902. The van der Waals surface area contributed by atoms with Crippen molar-refractivity contribution in [2.24, 2.45) is 0 Å². The van der Waals surface area contributed by atoms with Crippen molar-refractivity contribution in [1.29, 1.82) is 0 Å². The molecule has 0 heterocycles. The maximum atomic E-state index is 13.5. The number of allylic oxidation sites excluding steroid dienone is 3. The van der Waals surface area contributed by atoms with Gasteiger partial charge in [-0.05, 0) is 51.0 Å². The fourth-order valence-corrected chi connectivity index (χ4v) is 9.84. The average molecular weight is 1020 g/mol. The van der Waals surface area contributed by atoms with Crippen LogP contribution in [-0.4, -0.2) is 74.3 Å². The normalized spacial score (nSPS) is 13.8. The van der Waals surface area contributed by atoms with Crippen molar-refractivity contribution >= 4 is 19.7 Å². The average Bonchev–Trinajstić information content (AvgIpc) is 3.33. The van der Waals surface area contributed by atoms with Gasteiger partial charge in [0.2, 0.25) is 5.91 Å². The number of phosphoric ester groups is 1. The minimum Gasteiger partial charge on any atom is -0.456 e. The Bertz CT molecular complexity index is 1270. The van der Waals surface area contributed by atoms with Crippen LogP contribution in [0, 0.1) is 0 Å². The molecule has 0 saturated carbocycles. The number of rotatable bonds is 56. The lowest BCUT2D eigenvalue weighted by Crippen LogP contribution is -2.47. The van der Waals surface area contributed by atoms with Crippen molar-refractivity contribution in [3.05, 3.63) is 24.3 Å². The first-order valence-electron chi connectivity index (χ1n) is 30.7. The Kier molecular flexibility index (Phi) is 50.8. The van der Waals surface area contributed by atoms with E-state index in [1.54, 1.807) is 0 Å². The molecule has 420 valence electrons. The SMILES string of the molecule is CCCC/C=C\CCCCCCCC(=O)OC(/C=C/CCCCCCCCCCCCC)C(COP(=O)(O)OCC[N+](C)(C)C)NC(=O)CCCCCCCCCCCCCCCCCCCCCCC. The summed E-state index contributed by atoms with van der Waals surface area (Å²) in [6.45, 7) is 7.01. The van der Waals surface area contributed by atoms with Crippen LogP contribution in [0.3, 0.4) is 0 Å². The van der Waals surface area contributed by atoms with E-state index in [1.807, 2.05) is 33.3 Å². The first-order chi connectivity index (χ1) is 34.4. The molecule has 0 radical (unpaired) electrons. The zero-order chi connectivity index (χ0) is 52.2. The molecule has 0 bridgehead atoms. The van der Waals surface area contributed by atoms with E-state index < -0.39 is 20.0 Å². The topological polar surface area (TPSA) is 111 Å². The summed E-state index contributed by atoms with van der Waals surface area (Å²) in [4.78, 5) is 37.6. The largest absolute Gasteiger partial charge is 0.472 e. The lowest BCUT2D eigenvalue weighted by molar-refractivity contribution is -0.870. The van der Waals surface area contributed by atoms with Crippen molar-refractivity contribution in [3.8, 4) is 0 Å². The molecule has 0 aliphatic rings. The van der Waals surface area contributed by atoms with Gasteiger partial charge in [-0.15, -0.1) is 0 Å². The third kappa shape index (κ3) is 53.1. The van der Waals surface area contributed by atoms with Gasteiger partial charge in [0.25, 0.3) is 0 Å². The molecule has 10 heteroatoms. The Balaban J connectivity index is 5.16. The van der Waals surface area contributed by atoms with E-state index in [4.69, 9.17) is 13.8 Å². The molecule has 3 unspecified atom stereocenters. The smallest absolute Gasteiger partial charge is 0.456 e. The molecule has 2 N–H and O–H groups in total. The second-order valence-corrected chi connectivity index (χ2v) is 23.7. The number of carbonyl (C=O) groups is 2. The van der Waals surface area contributed by atoms with Crippen LogP contribution in [-0.2, 0) is 27.9 Å². The highest BCUT2D eigenvalue weighted by Crippen LogP contribution is 2.43. The number of likely N-dealkylation sites (N-methyl/N-ethyl adjacent to an activating group) is 1. The van der Waals surface area contributed by atoms with Crippen LogP contribution in [0.2, 0.25) is 0 Å². The van der Waals surface area contributed by atoms with Gasteiger partial charge in [0.1, 0.15) is 19.3 Å². The zero-order valence-corrected chi connectivity index (χ0v) is 48.9. The molecule has 71 heavy (non-hydrogen) atoms. The summed E-state index contributed by atoms with van der Waals surface area (Å²) in [6.07, 6.45) is 60.3. The van der Waals surface area contributed by atoms with Crippen molar-refractivity contribution in [3.63, 3.8) is 0 Å². The number of carbonyl (C=O) groups excluding carboxylic acids is 2. The van der Waals surface area contributed by atoms with Gasteiger partial charge in [-0.3, -0.25) is 18.6 Å². The maximum absolute atomic E-state index is 13.5. The fourth-order valence-electron chi connectivity index (χ4n) is 9.10. The molecular weight excluding hydrogens is 904 g/mol. The molecule has 1 amide bonds. The molecule has 0 aromatic carbocycles. The highest BCUT2D eigenvalue weighted by molar-refractivity contribution is 7.47. The lowest BCUT2D eigenvalue weighted by atomic mass is 10.0. The standard InChI is InChI=1S/C61H119N2O7P/c1-7-10-13-16-19-22-25-27-28-29-30-31-32-33-34-36-39-41-44-47-50-53-60(64)62-58(57-69-71(66,67)68-56-55-63(4,5)6)59(52-49-46-43-40-38-35-26-23-20-17-14-11-8-2)70-61(65)54-51-48-45-42-37-24-21-18-15-12-9-3/h18,21,49,52,58-59H,7-17,19-20,22-48,50-51,53-57H2,1-6H3,(H-,62,64,66,67)/p+1/b21-18-,52-49+. The molecule has 0 aliphatic carbocycles. The van der Waals surface area contributed by atoms with Crippen LogP contribution in [0.5, 0.6) is 0 Å². The van der Waals surface area contributed by atoms with Crippen LogP contribution in [0.15, 0.2) is 24.3 Å². The molecule has 0 aromatic heterocycles. The Morgan fingerprint density at radius 3 is 1.24 bits per heavy atom. The number of hydrogen-bond acceptors (Lipinski definition) is 6. The van der Waals surface area contributed by atoms with E-state index in [0.717, 1.165) is 83.5 Å². The number of hydrogen-bond donors (Lipinski definition) is 2. The van der Waals surface area contributed by atoms with E-state index >= 15 is 0 Å². The van der Waals surface area contributed by atoms with Crippen molar-refractivity contribution in [2.45, 2.75) is 315 Å². The number of phosphoric acid groups is 1. The number of esters is 1. The summed E-state index contributed by atoms with van der Waals surface area (Å²) < 4.78 is 30.6. The van der Waals surface area contributed by atoms with E-state index in [2.05, 4.69) is 38.2 Å². The minimum absolute atomic E-state index is 0.0424. The quantitative estimate of drug-likeness (QED) is 0.0205. The third-order valence-electron chi connectivity index (χ3n) is 13.9. The Hall–Kier alpha value is -1.51. The first-order valence-corrected chi connectivity index (χ1v) is 32.2. The number of quaternary nitrogens is 1. The van der Waals surface area contributed by atoms with Crippen molar-refractivity contribution in [2.75, 3.05) is 40.9 Å². The van der Waals surface area contributed by atoms with Crippen LogP contribution in [0.25, 0.3) is 0 Å². The van der Waals surface area contributed by atoms with Crippen molar-refractivity contribution in [1.82, 2.24) is 5.32 Å². The summed E-state index contributed by atoms with van der Waals surface area (Å²) in [7, 11) is 1.51. The second-order valence-electron chi connectivity index (χ2n) is 22.2. The van der Waals surface area contributed by atoms with E-state index in [1.165, 1.54) is 186 Å². The number of nitrogens with one attached hydrogen (secondary N) is 1.